The average Bonchev–Trinajstić information content (AvgIpc) is 2.51. The van der Waals surface area contributed by atoms with Crippen LogP contribution < -0.4 is 4.74 Å². The van der Waals surface area contributed by atoms with Gasteiger partial charge in [0, 0.05) is 16.5 Å². The summed E-state index contributed by atoms with van der Waals surface area (Å²) in [6.07, 6.45) is 0. The van der Waals surface area contributed by atoms with Crippen molar-refractivity contribution in [1.82, 2.24) is 0 Å². The number of rotatable bonds is 2. The van der Waals surface area contributed by atoms with Crippen molar-refractivity contribution in [2.24, 2.45) is 0 Å². The van der Waals surface area contributed by atoms with Gasteiger partial charge < -0.3 is 9.84 Å². The summed E-state index contributed by atoms with van der Waals surface area (Å²) in [6, 6.07) is 4.82. The number of aliphatic hydroxyl groups is 1. The van der Waals surface area contributed by atoms with Gasteiger partial charge in [0.05, 0.1) is 17.6 Å². The lowest BCUT2D eigenvalue weighted by Crippen LogP contribution is -2.20. The second kappa shape index (κ2) is 3.58. The monoisotopic (exact) mass is 254 g/mol. The zero-order valence-corrected chi connectivity index (χ0v) is 10.7. The van der Waals surface area contributed by atoms with E-state index in [1.807, 2.05) is 0 Å². The van der Waals surface area contributed by atoms with E-state index >= 15 is 0 Å². The molecule has 1 aliphatic rings. The number of fused-ring (bicyclic) bond motifs is 1. The van der Waals surface area contributed by atoms with Crippen molar-refractivity contribution >= 4 is 15.4 Å². The zero-order valence-electron chi connectivity index (χ0n) is 9.89. The molecule has 17 heavy (non-hydrogen) atoms. The number of methoxy groups -OCH3 is 1. The lowest BCUT2D eigenvalue weighted by Gasteiger charge is -2.20. The number of benzene rings is 1. The molecule has 92 valence electrons. The van der Waals surface area contributed by atoms with Gasteiger partial charge in [-0.1, -0.05) is 6.07 Å². The molecule has 0 aliphatic carbocycles. The maximum atomic E-state index is 11.9. The summed E-state index contributed by atoms with van der Waals surface area (Å²) in [5.74, 6) is 0.456. The Morgan fingerprint density at radius 3 is 2.47 bits per heavy atom. The summed E-state index contributed by atoms with van der Waals surface area (Å²) in [4.78, 5) is 0.189. The molecule has 2 rings (SSSR count). The van der Waals surface area contributed by atoms with E-state index < -0.39 is 15.4 Å². The summed E-state index contributed by atoms with van der Waals surface area (Å²) in [5.41, 5.74) is -0.403. The van der Waals surface area contributed by atoms with Crippen molar-refractivity contribution in [3.05, 3.63) is 29.2 Å². The summed E-state index contributed by atoms with van der Waals surface area (Å²) in [7, 11) is -2.00. The number of hydrogen-bond donors (Lipinski definition) is 1. The van der Waals surface area contributed by atoms with Gasteiger partial charge in [-0.3, -0.25) is 0 Å². The van der Waals surface area contributed by atoms with Crippen LogP contribution in [-0.2, 0) is 9.84 Å². The van der Waals surface area contributed by atoms with Crippen LogP contribution in [0.4, 0.5) is 0 Å². The van der Waals surface area contributed by atoms with Gasteiger partial charge in [-0.15, -0.1) is 0 Å². The molecule has 1 heterocycles. The largest absolute Gasteiger partial charge is 0.496 e. The Kier molecular flexibility index (Phi) is 2.56. The van der Waals surface area contributed by atoms with E-state index in [0.29, 0.717) is 16.9 Å². The minimum Gasteiger partial charge on any atom is -0.496 e. The topological polar surface area (TPSA) is 63.6 Å². The molecule has 1 aromatic rings. The molecule has 0 aromatic heterocycles. The van der Waals surface area contributed by atoms with E-state index in [4.69, 9.17) is 4.74 Å². The van der Waals surface area contributed by atoms with E-state index in [9.17, 15) is 13.5 Å². The van der Waals surface area contributed by atoms with Gasteiger partial charge in [-0.25, -0.2) is 8.42 Å². The van der Waals surface area contributed by atoms with Gasteiger partial charge in [-0.05, 0) is 26.0 Å². The van der Waals surface area contributed by atoms with Crippen molar-refractivity contribution in [3.63, 3.8) is 0 Å². The molecule has 4 nitrogen and oxygen atoms in total. The van der Waals surface area contributed by atoms with Crippen LogP contribution in [0.5, 0.6) is 5.75 Å². The van der Waals surface area contributed by atoms with Gasteiger partial charge >= 0.3 is 0 Å². The van der Waals surface area contributed by atoms with Gasteiger partial charge in [-0.2, -0.15) is 0 Å². The Bertz CT molecular complexity index is 591. The van der Waals surface area contributed by atoms with Crippen molar-refractivity contribution in [2.45, 2.75) is 24.3 Å². The van der Waals surface area contributed by atoms with Crippen LogP contribution in [0.1, 0.15) is 19.4 Å². The number of ether oxygens (including phenoxy) is 1. The van der Waals surface area contributed by atoms with Crippen molar-refractivity contribution in [1.29, 1.82) is 0 Å². The first-order valence-corrected chi connectivity index (χ1v) is 6.69. The normalized spacial score (nSPS) is 17.5. The van der Waals surface area contributed by atoms with Crippen LogP contribution in [0, 0.1) is 0 Å². The van der Waals surface area contributed by atoms with Crippen LogP contribution in [0.15, 0.2) is 28.5 Å². The molecule has 0 unspecified atom stereocenters. The maximum absolute atomic E-state index is 11.9. The first-order valence-electron chi connectivity index (χ1n) is 5.14. The summed E-state index contributed by atoms with van der Waals surface area (Å²) < 4.78 is 29.0. The molecule has 0 spiro atoms. The second-order valence-electron chi connectivity index (χ2n) is 4.47. The quantitative estimate of drug-likeness (QED) is 0.870. The molecule has 0 atom stereocenters. The third-order valence-corrected chi connectivity index (χ3v) is 4.22. The highest BCUT2D eigenvalue weighted by Gasteiger charge is 2.36. The van der Waals surface area contributed by atoms with Crippen LogP contribution in [0.3, 0.4) is 0 Å². The van der Waals surface area contributed by atoms with Gasteiger partial charge in [0.1, 0.15) is 5.75 Å². The molecule has 5 heteroatoms. The van der Waals surface area contributed by atoms with E-state index in [2.05, 4.69) is 0 Å². The molecule has 0 fully saturated rings. The first kappa shape index (κ1) is 12.1. The third kappa shape index (κ3) is 1.85. The SMILES string of the molecule is COc1cccc2c1C(C(C)(C)O)=CS2(=O)=O. The summed E-state index contributed by atoms with van der Waals surface area (Å²) in [6.45, 7) is 3.10. The van der Waals surface area contributed by atoms with Gasteiger partial charge in [0.25, 0.3) is 0 Å². The van der Waals surface area contributed by atoms with Crippen molar-refractivity contribution in [3.8, 4) is 5.75 Å². The zero-order chi connectivity index (χ0) is 12.8. The molecule has 0 amide bonds. The molecule has 0 radical (unpaired) electrons. The third-order valence-electron chi connectivity index (χ3n) is 2.72. The standard InChI is InChI=1S/C12H14O4S/c1-12(2,13)8-7-17(14,15)10-6-4-5-9(16-3)11(8)10/h4-7,13H,1-3H3. The lowest BCUT2D eigenvalue weighted by molar-refractivity contribution is 0.143. The van der Waals surface area contributed by atoms with Crippen molar-refractivity contribution in [2.75, 3.05) is 7.11 Å². The predicted molar refractivity (Wildman–Crippen MR) is 64.5 cm³/mol. The Morgan fingerprint density at radius 1 is 1.29 bits per heavy atom. The summed E-state index contributed by atoms with van der Waals surface area (Å²) in [5, 5.41) is 11.1. The second-order valence-corrected chi connectivity index (χ2v) is 6.23. The lowest BCUT2D eigenvalue weighted by atomic mass is 9.92. The molecule has 0 saturated carbocycles. The Morgan fingerprint density at radius 2 is 1.94 bits per heavy atom. The highest BCUT2D eigenvalue weighted by molar-refractivity contribution is 7.95. The molecule has 1 aromatic carbocycles. The number of sulfone groups is 1. The van der Waals surface area contributed by atoms with E-state index in [1.165, 1.54) is 13.2 Å². The van der Waals surface area contributed by atoms with Crippen LogP contribution in [0.25, 0.3) is 5.57 Å². The van der Waals surface area contributed by atoms with E-state index in [1.54, 1.807) is 26.0 Å². The van der Waals surface area contributed by atoms with E-state index in [0.717, 1.165) is 5.41 Å². The minimum atomic E-state index is -3.47. The minimum absolute atomic E-state index is 0.189. The smallest absolute Gasteiger partial charge is 0.200 e. The molecular formula is C12H14O4S. The van der Waals surface area contributed by atoms with Crippen LogP contribution in [-0.4, -0.2) is 26.2 Å². The highest BCUT2D eigenvalue weighted by Crippen LogP contribution is 2.43. The molecule has 1 aliphatic heterocycles. The fourth-order valence-corrected chi connectivity index (χ4v) is 3.52. The highest BCUT2D eigenvalue weighted by atomic mass is 32.2. The fourth-order valence-electron chi connectivity index (χ4n) is 1.91. The van der Waals surface area contributed by atoms with Crippen LogP contribution in [0.2, 0.25) is 0 Å². The molecule has 1 N–H and O–H groups in total. The Labute approximate surface area is 100 Å². The number of hydrogen-bond acceptors (Lipinski definition) is 4. The van der Waals surface area contributed by atoms with Gasteiger partial charge in [0.15, 0.2) is 0 Å². The molecule has 0 saturated heterocycles. The van der Waals surface area contributed by atoms with Crippen molar-refractivity contribution < 1.29 is 18.3 Å². The molecule has 0 bridgehead atoms. The molecular weight excluding hydrogens is 240 g/mol. The van der Waals surface area contributed by atoms with Gasteiger partial charge in [0.2, 0.25) is 9.84 Å². The Balaban J connectivity index is 2.81. The first-order chi connectivity index (χ1) is 7.77. The summed E-state index contributed by atoms with van der Waals surface area (Å²) >= 11 is 0. The van der Waals surface area contributed by atoms with Crippen LogP contribution >= 0.6 is 0 Å². The predicted octanol–water partition coefficient (Wildman–Crippen LogP) is 1.59. The van der Waals surface area contributed by atoms with E-state index in [-0.39, 0.29) is 4.90 Å². The maximum Gasteiger partial charge on any atom is 0.200 e. The Hall–Kier alpha value is -1.33. The fraction of sp³-hybridized carbons (Fsp3) is 0.333. The average molecular weight is 254 g/mol.